The standard InChI is InChI=1S/C10H6F3N3O2S/c11-5-1-6(12)9(7(13)2-5)16-4-14-15-10(16)19-3-8(17)18/h1-2,4H,3H2,(H,17,18). The second-order valence-corrected chi connectivity index (χ2v) is 4.33. The van der Waals surface area contributed by atoms with Crippen molar-refractivity contribution in [3.8, 4) is 5.69 Å². The van der Waals surface area contributed by atoms with E-state index >= 15 is 0 Å². The fraction of sp³-hybridized carbons (Fsp3) is 0.100. The molecule has 0 aliphatic carbocycles. The van der Waals surface area contributed by atoms with Gasteiger partial charge in [0.25, 0.3) is 0 Å². The average molecular weight is 289 g/mol. The van der Waals surface area contributed by atoms with Crippen LogP contribution in [-0.2, 0) is 4.79 Å². The maximum Gasteiger partial charge on any atom is 0.313 e. The van der Waals surface area contributed by atoms with Crippen molar-refractivity contribution in [1.29, 1.82) is 0 Å². The molecule has 0 radical (unpaired) electrons. The molecule has 0 bridgehead atoms. The number of nitrogens with zero attached hydrogens (tertiary/aromatic N) is 3. The Balaban J connectivity index is 2.43. The van der Waals surface area contributed by atoms with Crippen molar-refractivity contribution in [3.63, 3.8) is 0 Å². The third kappa shape index (κ3) is 2.87. The Morgan fingerprint density at radius 2 is 1.95 bits per heavy atom. The zero-order valence-electron chi connectivity index (χ0n) is 9.18. The highest BCUT2D eigenvalue weighted by atomic mass is 32.2. The van der Waals surface area contributed by atoms with Crippen LogP contribution in [0.4, 0.5) is 13.2 Å². The highest BCUT2D eigenvalue weighted by Crippen LogP contribution is 2.24. The molecule has 0 atom stereocenters. The van der Waals surface area contributed by atoms with Gasteiger partial charge in [0.2, 0.25) is 0 Å². The number of carbonyl (C=O) groups is 1. The Morgan fingerprint density at radius 3 is 2.53 bits per heavy atom. The van der Waals surface area contributed by atoms with Crippen LogP contribution in [0.15, 0.2) is 23.6 Å². The minimum absolute atomic E-state index is 0.00759. The lowest BCUT2D eigenvalue weighted by molar-refractivity contribution is -0.133. The van der Waals surface area contributed by atoms with Crippen molar-refractivity contribution in [2.75, 3.05) is 5.75 Å². The maximum absolute atomic E-state index is 13.6. The third-order valence-corrected chi connectivity index (χ3v) is 2.99. The Hall–Kier alpha value is -2.03. The summed E-state index contributed by atoms with van der Waals surface area (Å²) in [6, 6.07) is 1.04. The van der Waals surface area contributed by atoms with E-state index in [1.807, 2.05) is 0 Å². The van der Waals surface area contributed by atoms with Crippen molar-refractivity contribution in [2.45, 2.75) is 5.16 Å². The number of halogens is 3. The summed E-state index contributed by atoms with van der Waals surface area (Å²) in [7, 11) is 0. The molecule has 100 valence electrons. The summed E-state index contributed by atoms with van der Waals surface area (Å²) in [4.78, 5) is 10.4. The maximum atomic E-state index is 13.6. The Kier molecular flexibility index (Phi) is 3.74. The lowest BCUT2D eigenvalue weighted by atomic mass is 10.3. The largest absolute Gasteiger partial charge is 0.481 e. The van der Waals surface area contributed by atoms with E-state index in [9.17, 15) is 18.0 Å². The summed E-state index contributed by atoms with van der Waals surface area (Å²) in [5.74, 6) is -4.77. The lowest BCUT2D eigenvalue weighted by Crippen LogP contribution is -2.05. The van der Waals surface area contributed by atoms with Crippen molar-refractivity contribution in [1.82, 2.24) is 14.8 Å². The second-order valence-electron chi connectivity index (χ2n) is 3.38. The van der Waals surface area contributed by atoms with E-state index in [-0.39, 0.29) is 10.9 Å². The van der Waals surface area contributed by atoms with Crippen LogP contribution in [0.3, 0.4) is 0 Å². The monoisotopic (exact) mass is 289 g/mol. The molecule has 9 heteroatoms. The van der Waals surface area contributed by atoms with Crippen LogP contribution >= 0.6 is 11.8 Å². The van der Waals surface area contributed by atoms with Crippen LogP contribution in [0, 0.1) is 17.5 Å². The molecule has 5 nitrogen and oxygen atoms in total. The first-order valence-corrected chi connectivity index (χ1v) is 5.87. The van der Waals surface area contributed by atoms with Gasteiger partial charge in [0.15, 0.2) is 16.8 Å². The molecule has 0 spiro atoms. The van der Waals surface area contributed by atoms with Gasteiger partial charge in [-0.3, -0.25) is 9.36 Å². The van der Waals surface area contributed by atoms with Crippen molar-refractivity contribution in [3.05, 3.63) is 35.9 Å². The number of aliphatic carboxylic acids is 1. The van der Waals surface area contributed by atoms with Crippen LogP contribution < -0.4 is 0 Å². The van der Waals surface area contributed by atoms with E-state index in [1.54, 1.807) is 0 Å². The van der Waals surface area contributed by atoms with Gasteiger partial charge in [0.1, 0.15) is 17.8 Å². The van der Waals surface area contributed by atoms with Crippen LogP contribution in [-0.4, -0.2) is 31.6 Å². The first kappa shape index (κ1) is 13.4. The molecular formula is C10H6F3N3O2S. The van der Waals surface area contributed by atoms with Crippen molar-refractivity contribution >= 4 is 17.7 Å². The van der Waals surface area contributed by atoms with Gasteiger partial charge in [-0.15, -0.1) is 10.2 Å². The van der Waals surface area contributed by atoms with Gasteiger partial charge in [-0.2, -0.15) is 0 Å². The number of hydrogen-bond donors (Lipinski definition) is 1. The van der Waals surface area contributed by atoms with Gasteiger partial charge < -0.3 is 5.11 Å². The summed E-state index contributed by atoms with van der Waals surface area (Å²) in [6.45, 7) is 0. The zero-order valence-corrected chi connectivity index (χ0v) is 9.99. The summed E-state index contributed by atoms with van der Waals surface area (Å²) < 4.78 is 40.9. The Morgan fingerprint density at radius 1 is 1.32 bits per heavy atom. The van der Waals surface area contributed by atoms with Gasteiger partial charge >= 0.3 is 5.97 Å². The molecule has 1 N–H and O–H groups in total. The SMILES string of the molecule is O=C(O)CSc1nncn1-c1c(F)cc(F)cc1F. The molecule has 2 rings (SSSR count). The second kappa shape index (κ2) is 5.31. The predicted octanol–water partition coefficient (Wildman–Crippen LogP) is 1.86. The minimum Gasteiger partial charge on any atom is -0.481 e. The van der Waals surface area contributed by atoms with Gasteiger partial charge in [-0.05, 0) is 0 Å². The highest BCUT2D eigenvalue weighted by molar-refractivity contribution is 7.99. The summed E-state index contributed by atoms with van der Waals surface area (Å²) in [5.41, 5.74) is -0.556. The van der Waals surface area contributed by atoms with Crippen LogP contribution in [0.2, 0.25) is 0 Å². The van der Waals surface area contributed by atoms with Crippen LogP contribution in [0.5, 0.6) is 0 Å². The molecule has 0 amide bonds. The van der Waals surface area contributed by atoms with Crippen molar-refractivity contribution in [2.24, 2.45) is 0 Å². The van der Waals surface area contributed by atoms with E-state index in [1.165, 1.54) is 0 Å². The van der Waals surface area contributed by atoms with Gasteiger partial charge in [-0.25, -0.2) is 13.2 Å². The predicted molar refractivity (Wildman–Crippen MR) is 59.6 cm³/mol. The average Bonchev–Trinajstić information content (AvgIpc) is 2.73. The quantitative estimate of drug-likeness (QED) is 0.870. The summed E-state index contributed by atoms with van der Waals surface area (Å²) in [6.07, 6.45) is 1.02. The molecule has 0 unspecified atom stereocenters. The number of hydrogen-bond acceptors (Lipinski definition) is 4. The molecule has 0 saturated carbocycles. The van der Waals surface area contributed by atoms with Crippen LogP contribution in [0.25, 0.3) is 5.69 Å². The molecular weight excluding hydrogens is 283 g/mol. The molecule has 0 fully saturated rings. The molecule has 1 aromatic carbocycles. The Bertz CT molecular complexity index is 609. The van der Waals surface area contributed by atoms with E-state index < -0.39 is 29.1 Å². The normalized spacial score (nSPS) is 10.7. The van der Waals surface area contributed by atoms with E-state index in [0.717, 1.165) is 22.7 Å². The van der Waals surface area contributed by atoms with Crippen molar-refractivity contribution < 1.29 is 23.1 Å². The first-order valence-electron chi connectivity index (χ1n) is 4.88. The molecule has 2 aromatic rings. The summed E-state index contributed by atoms with van der Waals surface area (Å²) >= 11 is 0.741. The van der Waals surface area contributed by atoms with E-state index in [2.05, 4.69) is 10.2 Å². The number of carboxylic acid groups (broad SMARTS) is 1. The first-order chi connectivity index (χ1) is 8.99. The number of rotatable bonds is 4. The van der Waals surface area contributed by atoms with Gasteiger partial charge in [0.05, 0.1) is 5.75 Å². The molecule has 0 aliphatic heterocycles. The molecule has 0 aliphatic rings. The van der Waals surface area contributed by atoms with E-state index in [4.69, 9.17) is 5.11 Å². The number of thioether (sulfide) groups is 1. The third-order valence-electron chi connectivity index (χ3n) is 2.06. The molecule has 1 heterocycles. The summed E-state index contributed by atoms with van der Waals surface area (Å²) in [5, 5.41) is 15.5. The smallest absolute Gasteiger partial charge is 0.313 e. The topological polar surface area (TPSA) is 68.0 Å². The fourth-order valence-electron chi connectivity index (χ4n) is 1.37. The van der Waals surface area contributed by atoms with Gasteiger partial charge in [0, 0.05) is 12.1 Å². The number of aromatic nitrogens is 3. The minimum atomic E-state index is -1.13. The number of benzene rings is 1. The molecule has 0 saturated heterocycles. The highest BCUT2D eigenvalue weighted by Gasteiger charge is 2.17. The van der Waals surface area contributed by atoms with E-state index in [0.29, 0.717) is 12.1 Å². The fourth-order valence-corrected chi connectivity index (χ4v) is 2.00. The Labute approximate surface area is 109 Å². The van der Waals surface area contributed by atoms with Crippen LogP contribution in [0.1, 0.15) is 0 Å². The molecule has 19 heavy (non-hydrogen) atoms. The zero-order chi connectivity index (χ0) is 14.0. The van der Waals surface area contributed by atoms with Gasteiger partial charge in [-0.1, -0.05) is 11.8 Å². The molecule has 1 aromatic heterocycles. The number of carboxylic acids is 1. The lowest BCUT2D eigenvalue weighted by Gasteiger charge is -2.08.